The minimum absolute atomic E-state index is 0.0834. The summed E-state index contributed by atoms with van der Waals surface area (Å²) in [5.74, 6) is -0.933. The number of carbonyl (C=O) groups is 4. The molecule has 1 aliphatic rings. The molecule has 1 fully saturated rings. The van der Waals surface area contributed by atoms with Gasteiger partial charge >= 0.3 is 0 Å². The van der Waals surface area contributed by atoms with Gasteiger partial charge in [-0.3, -0.25) is 19.2 Å². The maximum Gasteiger partial charge on any atom is 0.251 e. The van der Waals surface area contributed by atoms with Crippen LogP contribution in [0.25, 0.3) is 0 Å². The highest BCUT2D eigenvalue weighted by molar-refractivity contribution is 6.01. The number of nitrogens with one attached hydrogen (secondary N) is 3. The number of amides is 4. The molecule has 3 N–H and O–H groups in total. The van der Waals surface area contributed by atoms with Crippen molar-refractivity contribution in [3.05, 3.63) is 59.7 Å². The van der Waals surface area contributed by atoms with Crippen molar-refractivity contribution in [3.8, 4) is 0 Å². The zero-order valence-electron chi connectivity index (χ0n) is 16.7. The van der Waals surface area contributed by atoms with Crippen LogP contribution in [-0.2, 0) is 9.59 Å². The fourth-order valence-electron chi connectivity index (χ4n) is 3.18. The lowest BCUT2D eigenvalue weighted by molar-refractivity contribution is -0.117. The van der Waals surface area contributed by atoms with E-state index in [9.17, 15) is 19.2 Å². The predicted octanol–water partition coefficient (Wildman–Crippen LogP) is 1.93. The number of nitrogens with zero attached hydrogens (tertiary/aromatic N) is 1. The maximum absolute atomic E-state index is 12.3. The van der Waals surface area contributed by atoms with Crippen molar-refractivity contribution in [2.75, 3.05) is 29.9 Å². The first-order chi connectivity index (χ1) is 14.5. The normalized spacial score (nSPS) is 13.1. The molecule has 0 unspecified atom stereocenters. The van der Waals surface area contributed by atoms with Gasteiger partial charge in [0.1, 0.15) is 0 Å². The van der Waals surface area contributed by atoms with E-state index < -0.39 is 5.91 Å². The Kier molecular flexibility index (Phi) is 6.79. The van der Waals surface area contributed by atoms with Gasteiger partial charge < -0.3 is 20.9 Å². The van der Waals surface area contributed by atoms with Crippen LogP contribution in [0.15, 0.2) is 48.5 Å². The summed E-state index contributed by atoms with van der Waals surface area (Å²) in [4.78, 5) is 49.8. The van der Waals surface area contributed by atoms with Crippen LogP contribution in [0.5, 0.6) is 0 Å². The van der Waals surface area contributed by atoms with Crippen molar-refractivity contribution in [1.29, 1.82) is 0 Å². The van der Waals surface area contributed by atoms with Gasteiger partial charge in [-0.2, -0.15) is 0 Å². The third kappa shape index (κ3) is 5.22. The van der Waals surface area contributed by atoms with E-state index in [1.54, 1.807) is 53.4 Å². The molecule has 0 spiro atoms. The first kappa shape index (κ1) is 21.0. The van der Waals surface area contributed by atoms with Crippen molar-refractivity contribution in [3.63, 3.8) is 0 Å². The van der Waals surface area contributed by atoms with E-state index in [-0.39, 0.29) is 24.3 Å². The second kappa shape index (κ2) is 9.69. The minimum Gasteiger partial charge on any atom is -0.352 e. The number of hydrogen-bond donors (Lipinski definition) is 3. The second-order valence-electron chi connectivity index (χ2n) is 6.87. The fraction of sp³-hybridized carbons (Fsp3) is 0.273. The molecule has 0 saturated carbocycles. The molecule has 8 heteroatoms. The number of carbonyl (C=O) groups excluding carboxylic acids is 4. The average molecular weight is 408 g/mol. The second-order valence-corrected chi connectivity index (χ2v) is 6.87. The van der Waals surface area contributed by atoms with Crippen LogP contribution < -0.4 is 20.9 Å². The van der Waals surface area contributed by atoms with Crippen LogP contribution in [0.3, 0.4) is 0 Å². The quantitative estimate of drug-likeness (QED) is 0.651. The largest absolute Gasteiger partial charge is 0.352 e. The Morgan fingerprint density at radius 3 is 2.37 bits per heavy atom. The van der Waals surface area contributed by atoms with Crippen molar-refractivity contribution < 1.29 is 19.2 Å². The van der Waals surface area contributed by atoms with Crippen LogP contribution in [-0.4, -0.2) is 43.3 Å². The number of rotatable bonds is 7. The third-order valence-corrected chi connectivity index (χ3v) is 4.67. The molecule has 1 saturated heterocycles. The molecule has 0 aromatic heterocycles. The molecule has 0 radical (unpaired) electrons. The van der Waals surface area contributed by atoms with E-state index in [1.165, 1.54) is 0 Å². The molecule has 0 atom stereocenters. The van der Waals surface area contributed by atoms with Gasteiger partial charge in [-0.25, -0.2) is 0 Å². The topological polar surface area (TPSA) is 108 Å². The van der Waals surface area contributed by atoms with Gasteiger partial charge in [0.25, 0.3) is 11.8 Å². The van der Waals surface area contributed by atoms with Crippen molar-refractivity contribution >= 4 is 35.0 Å². The van der Waals surface area contributed by atoms with E-state index >= 15 is 0 Å². The summed E-state index contributed by atoms with van der Waals surface area (Å²) in [5.41, 5.74) is 2.07. The smallest absolute Gasteiger partial charge is 0.251 e. The Bertz CT molecular complexity index is 956. The molecule has 2 aromatic carbocycles. The van der Waals surface area contributed by atoms with Crippen LogP contribution in [0.2, 0.25) is 0 Å². The first-order valence-corrected chi connectivity index (χ1v) is 9.84. The molecule has 1 aliphatic heterocycles. The molecule has 156 valence electrons. The average Bonchev–Trinajstić information content (AvgIpc) is 3.18. The zero-order valence-corrected chi connectivity index (χ0v) is 16.7. The molecular weight excluding hydrogens is 384 g/mol. The van der Waals surface area contributed by atoms with Gasteiger partial charge in [0.05, 0.1) is 6.54 Å². The Hall–Kier alpha value is -3.68. The van der Waals surface area contributed by atoms with Crippen molar-refractivity contribution in [2.24, 2.45) is 0 Å². The van der Waals surface area contributed by atoms with E-state index in [4.69, 9.17) is 0 Å². The lowest BCUT2D eigenvalue weighted by Gasteiger charge is -2.15. The summed E-state index contributed by atoms with van der Waals surface area (Å²) in [5, 5.41) is 7.92. The summed E-state index contributed by atoms with van der Waals surface area (Å²) in [6.07, 6.45) is 1.38. The van der Waals surface area contributed by atoms with E-state index in [1.807, 2.05) is 6.92 Å². The van der Waals surface area contributed by atoms with Crippen LogP contribution >= 0.6 is 0 Å². The highest BCUT2D eigenvalue weighted by atomic mass is 16.2. The van der Waals surface area contributed by atoms with Gasteiger partial charge in [-0.15, -0.1) is 0 Å². The van der Waals surface area contributed by atoms with Crippen molar-refractivity contribution in [2.45, 2.75) is 19.8 Å². The third-order valence-electron chi connectivity index (χ3n) is 4.67. The van der Waals surface area contributed by atoms with Gasteiger partial charge in [0.15, 0.2) is 0 Å². The standard InChI is InChI=1S/C22H24N4O4/c1-2-23-22(30)16-5-3-6-17(13-16)25-19(27)14-24-21(29)15-8-10-18(11-9-15)26-12-4-7-20(26)28/h3,5-6,8-11,13H,2,4,7,12,14H2,1H3,(H,23,30)(H,24,29)(H,25,27). The van der Waals surface area contributed by atoms with Gasteiger partial charge in [0.2, 0.25) is 11.8 Å². The molecule has 3 rings (SSSR count). The molecule has 0 aliphatic carbocycles. The molecule has 4 amide bonds. The van der Waals surface area contributed by atoms with Gasteiger partial charge in [0, 0.05) is 42.0 Å². The summed E-state index contributed by atoms with van der Waals surface area (Å²) in [6.45, 7) is 2.81. The van der Waals surface area contributed by atoms with Crippen LogP contribution in [0.1, 0.15) is 40.5 Å². The number of hydrogen-bond acceptors (Lipinski definition) is 4. The molecule has 0 bridgehead atoms. The van der Waals surface area contributed by atoms with Gasteiger partial charge in [-0.1, -0.05) is 6.07 Å². The maximum atomic E-state index is 12.3. The molecule has 8 nitrogen and oxygen atoms in total. The lowest BCUT2D eigenvalue weighted by atomic mass is 10.2. The number of anilines is 2. The highest BCUT2D eigenvalue weighted by Gasteiger charge is 2.21. The summed E-state index contributed by atoms with van der Waals surface area (Å²) in [7, 11) is 0. The Morgan fingerprint density at radius 1 is 0.967 bits per heavy atom. The molecular formula is C22H24N4O4. The minimum atomic E-state index is -0.407. The molecule has 1 heterocycles. The van der Waals surface area contributed by atoms with E-state index in [0.717, 1.165) is 12.1 Å². The van der Waals surface area contributed by atoms with Crippen molar-refractivity contribution in [1.82, 2.24) is 10.6 Å². The number of benzene rings is 2. The van der Waals surface area contributed by atoms with E-state index in [0.29, 0.717) is 36.3 Å². The van der Waals surface area contributed by atoms with Gasteiger partial charge in [-0.05, 0) is 55.8 Å². The van der Waals surface area contributed by atoms with Crippen LogP contribution in [0.4, 0.5) is 11.4 Å². The molecule has 2 aromatic rings. The summed E-state index contributed by atoms with van der Waals surface area (Å²) >= 11 is 0. The fourth-order valence-corrected chi connectivity index (χ4v) is 3.18. The van der Waals surface area contributed by atoms with Crippen LogP contribution in [0, 0.1) is 0 Å². The highest BCUT2D eigenvalue weighted by Crippen LogP contribution is 2.21. The zero-order chi connectivity index (χ0) is 21.5. The predicted molar refractivity (Wildman–Crippen MR) is 113 cm³/mol. The lowest BCUT2D eigenvalue weighted by Crippen LogP contribution is -2.33. The SMILES string of the molecule is CCNC(=O)c1cccc(NC(=O)CNC(=O)c2ccc(N3CCCC3=O)cc2)c1. The first-order valence-electron chi connectivity index (χ1n) is 9.84. The summed E-state index contributed by atoms with van der Waals surface area (Å²) < 4.78 is 0. The van der Waals surface area contributed by atoms with E-state index in [2.05, 4.69) is 16.0 Å². The Balaban J connectivity index is 1.52. The molecule has 30 heavy (non-hydrogen) atoms. The Morgan fingerprint density at radius 2 is 1.70 bits per heavy atom. The monoisotopic (exact) mass is 408 g/mol. The summed E-state index contributed by atoms with van der Waals surface area (Å²) in [6, 6.07) is 13.3. The Labute approximate surface area is 174 Å².